The van der Waals surface area contributed by atoms with Crippen molar-refractivity contribution in [1.82, 2.24) is 15.3 Å². The van der Waals surface area contributed by atoms with E-state index in [0.717, 1.165) is 18.7 Å². The van der Waals surface area contributed by atoms with Crippen molar-refractivity contribution in [3.8, 4) is 0 Å². The Morgan fingerprint density at radius 3 is 2.56 bits per heavy atom. The first-order chi connectivity index (χ1) is 8.55. The Morgan fingerprint density at radius 1 is 1.28 bits per heavy atom. The van der Waals surface area contributed by atoms with E-state index in [2.05, 4.69) is 15.3 Å². The third kappa shape index (κ3) is 3.73. The molecule has 18 heavy (non-hydrogen) atoms. The molecule has 1 aromatic heterocycles. The van der Waals surface area contributed by atoms with Crippen LogP contribution in [0.25, 0.3) is 0 Å². The molecule has 1 heterocycles. The van der Waals surface area contributed by atoms with Crippen LogP contribution in [0, 0.1) is 5.92 Å². The van der Waals surface area contributed by atoms with Gasteiger partial charge in [-0.15, -0.1) is 0 Å². The molecule has 1 saturated carbocycles. The quantitative estimate of drug-likeness (QED) is 0.874. The molecule has 2 rings (SSSR count). The number of aromatic amines is 1. The number of aromatic nitrogens is 2. The van der Waals surface area contributed by atoms with Crippen LogP contribution < -0.4 is 5.32 Å². The number of nitrogens with zero attached hydrogens (tertiary/aromatic N) is 1. The molecule has 1 aliphatic rings. The summed E-state index contributed by atoms with van der Waals surface area (Å²) in [5.41, 5.74) is 1.05. The molecule has 0 aromatic carbocycles. The summed E-state index contributed by atoms with van der Waals surface area (Å²) >= 11 is 0. The van der Waals surface area contributed by atoms with Gasteiger partial charge in [0.05, 0.1) is 12.2 Å². The van der Waals surface area contributed by atoms with E-state index in [0.29, 0.717) is 12.8 Å². The van der Waals surface area contributed by atoms with E-state index in [1.165, 1.54) is 0 Å². The Kier molecular flexibility index (Phi) is 4.27. The average Bonchev–Trinajstić information content (AvgIpc) is 2.82. The molecule has 0 atom stereocenters. The van der Waals surface area contributed by atoms with E-state index in [9.17, 15) is 13.2 Å². The Labute approximate surface area is 104 Å². The van der Waals surface area contributed by atoms with Crippen LogP contribution in [0.15, 0.2) is 12.5 Å². The molecule has 6 heteroatoms. The molecule has 0 saturated heterocycles. The summed E-state index contributed by atoms with van der Waals surface area (Å²) in [6.45, 7) is 0.781. The van der Waals surface area contributed by atoms with Gasteiger partial charge < -0.3 is 10.3 Å². The fourth-order valence-electron chi connectivity index (χ4n) is 2.46. The highest BCUT2D eigenvalue weighted by atomic mass is 19.4. The smallest absolute Gasteiger partial charge is 0.348 e. The summed E-state index contributed by atoms with van der Waals surface area (Å²) in [6.07, 6.45) is 1.96. The number of hydrogen-bond donors (Lipinski definition) is 2. The third-order valence-electron chi connectivity index (χ3n) is 3.57. The SMILES string of the molecule is FC(F)(F)C1CCC(NCCc2cnc[nH]2)CC1. The molecule has 1 aliphatic carbocycles. The number of nitrogens with one attached hydrogen (secondary N) is 2. The Bertz CT molecular complexity index is 340. The molecule has 0 amide bonds. The van der Waals surface area contributed by atoms with Gasteiger partial charge in [0, 0.05) is 30.9 Å². The van der Waals surface area contributed by atoms with Crippen molar-refractivity contribution in [3.05, 3.63) is 18.2 Å². The van der Waals surface area contributed by atoms with Crippen LogP contribution in [0.5, 0.6) is 0 Å². The minimum absolute atomic E-state index is 0.228. The highest BCUT2D eigenvalue weighted by molar-refractivity contribution is 4.94. The Hall–Kier alpha value is -1.04. The number of hydrogen-bond acceptors (Lipinski definition) is 2. The molecular formula is C12H18F3N3. The second-order valence-electron chi connectivity index (χ2n) is 4.87. The lowest BCUT2D eigenvalue weighted by Gasteiger charge is -2.30. The van der Waals surface area contributed by atoms with Gasteiger partial charge in [0.25, 0.3) is 0 Å². The molecule has 102 valence electrons. The maximum atomic E-state index is 12.5. The van der Waals surface area contributed by atoms with Crippen molar-refractivity contribution < 1.29 is 13.2 Å². The molecule has 0 spiro atoms. The van der Waals surface area contributed by atoms with Crippen molar-refractivity contribution in [2.75, 3.05) is 6.54 Å². The van der Waals surface area contributed by atoms with E-state index >= 15 is 0 Å². The molecule has 3 nitrogen and oxygen atoms in total. The molecular weight excluding hydrogens is 243 g/mol. The molecule has 0 unspecified atom stereocenters. The average molecular weight is 261 g/mol. The van der Waals surface area contributed by atoms with Crippen molar-refractivity contribution in [3.63, 3.8) is 0 Å². The zero-order valence-electron chi connectivity index (χ0n) is 10.1. The second kappa shape index (κ2) is 5.73. The fraction of sp³-hybridized carbons (Fsp3) is 0.750. The molecule has 1 aromatic rings. The Balaban J connectivity index is 1.65. The van der Waals surface area contributed by atoms with Crippen molar-refractivity contribution >= 4 is 0 Å². The lowest BCUT2D eigenvalue weighted by Crippen LogP contribution is -2.37. The molecule has 0 aliphatic heterocycles. The van der Waals surface area contributed by atoms with Gasteiger partial charge >= 0.3 is 6.18 Å². The van der Waals surface area contributed by atoms with Crippen LogP contribution in [-0.2, 0) is 6.42 Å². The standard InChI is InChI=1S/C12H18F3N3/c13-12(14,15)9-1-3-10(4-2-9)17-6-5-11-7-16-8-18-11/h7-10,17H,1-6H2,(H,16,18). The number of H-pyrrole nitrogens is 1. The highest BCUT2D eigenvalue weighted by Gasteiger charge is 2.41. The second-order valence-corrected chi connectivity index (χ2v) is 4.87. The summed E-state index contributed by atoms with van der Waals surface area (Å²) in [6, 6.07) is 0.228. The lowest BCUT2D eigenvalue weighted by atomic mass is 9.85. The number of alkyl halides is 3. The van der Waals surface area contributed by atoms with Gasteiger partial charge in [-0.2, -0.15) is 13.2 Å². The van der Waals surface area contributed by atoms with Crippen LogP contribution in [0.3, 0.4) is 0 Å². The molecule has 0 bridgehead atoms. The zero-order chi connectivity index (χ0) is 13.0. The molecule has 2 N–H and O–H groups in total. The predicted molar refractivity (Wildman–Crippen MR) is 62.1 cm³/mol. The maximum Gasteiger partial charge on any atom is 0.391 e. The van der Waals surface area contributed by atoms with E-state index < -0.39 is 12.1 Å². The fourth-order valence-corrected chi connectivity index (χ4v) is 2.46. The van der Waals surface area contributed by atoms with E-state index in [-0.39, 0.29) is 18.9 Å². The number of halogens is 3. The van der Waals surface area contributed by atoms with Crippen LogP contribution in [-0.4, -0.2) is 28.7 Å². The van der Waals surface area contributed by atoms with Crippen LogP contribution in [0.2, 0.25) is 0 Å². The van der Waals surface area contributed by atoms with Gasteiger partial charge in [0.2, 0.25) is 0 Å². The van der Waals surface area contributed by atoms with E-state index in [4.69, 9.17) is 0 Å². The lowest BCUT2D eigenvalue weighted by molar-refractivity contribution is -0.182. The summed E-state index contributed by atoms with van der Waals surface area (Å²) < 4.78 is 37.4. The van der Waals surface area contributed by atoms with E-state index in [1.54, 1.807) is 12.5 Å². The molecule has 0 radical (unpaired) electrons. The van der Waals surface area contributed by atoms with Crippen LogP contribution in [0.1, 0.15) is 31.4 Å². The van der Waals surface area contributed by atoms with Crippen molar-refractivity contribution in [2.45, 2.75) is 44.3 Å². The van der Waals surface area contributed by atoms with Crippen LogP contribution in [0.4, 0.5) is 13.2 Å². The summed E-state index contributed by atoms with van der Waals surface area (Å²) in [7, 11) is 0. The van der Waals surface area contributed by atoms with Gasteiger partial charge in [-0.3, -0.25) is 0 Å². The van der Waals surface area contributed by atoms with Crippen LogP contribution >= 0.6 is 0 Å². The predicted octanol–water partition coefficient (Wildman–Crippen LogP) is 2.66. The minimum Gasteiger partial charge on any atom is -0.348 e. The summed E-state index contributed by atoms with van der Waals surface area (Å²) in [5, 5.41) is 3.32. The van der Waals surface area contributed by atoms with Gasteiger partial charge in [-0.1, -0.05) is 0 Å². The van der Waals surface area contributed by atoms with E-state index in [1.807, 2.05) is 0 Å². The first-order valence-corrected chi connectivity index (χ1v) is 6.33. The van der Waals surface area contributed by atoms with Gasteiger partial charge in [-0.25, -0.2) is 4.98 Å². The summed E-state index contributed by atoms with van der Waals surface area (Å²) in [4.78, 5) is 6.92. The Morgan fingerprint density at radius 2 is 2.00 bits per heavy atom. The van der Waals surface area contributed by atoms with Gasteiger partial charge in [0.1, 0.15) is 0 Å². The maximum absolute atomic E-state index is 12.5. The molecule has 1 fully saturated rings. The third-order valence-corrected chi connectivity index (χ3v) is 3.57. The monoisotopic (exact) mass is 261 g/mol. The summed E-state index contributed by atoms with van der Waals surface area (Å²) in [5.74, 6) is -1.09. The topological polar surface area (TPSA) is 40.7 Å². The number of imidazole rings is 1. The first kappa shape index (κ1) is 13.4. The highest BCUT2D eigenvalue weighted by Crippen LogP contribution is 2.37. The van der Waals surface area contributed by atoms with Gasteiger partial charge in [-0.05, 0) is 25.7 Å². The largest absolute Gasteiger partial charge is 0.391 e. The zero-order valence-corrected chi connectivity index (χ0v) is 10.1. The number of rotatable bonds is 4. The van der Waals surface area contributed by atoms with Crippen molar-refractivity contribution in [2.24, 2.45) is 5.92 Å². The van der Waals surface area contributed by atoms with Crippen molar-refractivity contribution in [1.29, 1.82) is 0 Å². The minimum atomic E-state index is -4.01. The normalized spacial score (nSPS) is 25.3. The van der Waals surface area contributed by atoms with Gasteiger partial charge in [0.15, 0.2) is 0 Å². The first-order valence-electron chi connectivity index (χ1n) is 6.33.